The monoisotopic (exact) mass is 365 g/mol. The fraction of sp³-hybridized carbons (Fsp3) is 0.316. The van der Waals surface area contributed by atoms with Gasteiger partial charge in [-0.2, -0.15) is 0 Å². The van der Waals surface area contributed by atoms with E-state index in [0.29, 0.717) is 17.5 Å². The van der Waals surface area contributed by atoms with Crippen LogP contribution in [0.4, 0.5) is 18.0 Å². The highest BCUT2D eigenvalue weighted by Crippen LogP contribution is 2.46. The number of alkyl halides is 3. The van der Waals surface area contributed by atoms with Crippen molar-refractivity contribution >= 4 is 6.09 Å². The van der Waals surface area contributed by atoms with Crippen molar-refractivity contribution in [1.29, 1.82) is 0 Å². The van der Waals surface area contributed by atoms with Gasteiger partial charge in [0.05, 0.1) is 6.04 Å². The quantitative estimate of drug-likeness (QED) is 0.782. The molecule has 0 radical (unpaired) electrons. The highest BCUT2D eigenvalue weighted by molar-refractivity contribution is 5.73. The predicted octanol–water partition coefficient (Wildman–Crippen LogP) is 5.24. The molecule has 1 aliphatic carbocycles. The van der Waals surface area contributed by atoms with E-state index >= 15 is 0 Å². The third kappa shape index (κ3) is 3.61. The van der Waals surface area contributed by atoms with E-state index in [1.807, 2.05) is 19.9 Å². The molecule has 3 rings (SSSR count). The summed E-state index contributed by atoms with van der Waals surface area (Å²) in [5.74, 6) is -0.268. The Labute approximate surface area is 148 Å². The van der Waals surface area contributed by atoms with Crippen molar-refractivity contribution in [3.63, 3.8) is 0 Å². The Bertz CT molecular complexity index is 846. The summed E-state index contributed by atoms with van der Waals surface area (Å²) in [4.78, 5) is 11.0. The Hall–Kier alpha value is -2.70. The van der Waals surface area contributed by atoms with Crippen LogP contribution in [0.1, 0.15) is 37.4 Å². The van der Waals surface area contributed by atoms with Crippen LogP contribution in [0.5, 0.6) is 5.75 Å². The lowest BCUT2D eigenvalue weighted by Crippen LogP contribution is -2.26. The summed E-state index contributed by atoms with van der Waals surface area (Å²) in [6.07, 6.45) is -5.30. The van der Waals surface area contributed by atoms with E-state index in [-0.39, 0.29) is 17.2 Å². The molecule has 0 aromatic heterocycles. The number of para-hydroxylation sites is 1. The van der Waals surface area contributed by atoms with Crippen molar-refractivity contribution in [3.8, 4) is 16.9 Å². The zero-order chi connectivity index (χ0) is 19.1. The average Bonchev–Trinajstić information content (AvgIpc) is 2.76. The molecule has 1 amide bonds. The number of amides is 1. The SMILES string of the molecule is CC1(C)CC(NC(=O)O)c2ccc(-c3ccccc3OC(F)(F)F)cc21. The maximum absolute atomic E-state index is 12.7. The highest BCUT2D eigenvalue weighted by atomic mass is 19.4. The topological polar surface area (TPSA) is 58.6 Å². The van der Waals surface area contributed by atoms with Gasteiger partial charge in [0, 0.05) is 5.56 Å². The lowest BCUT2D eigenvalue weighted by molar-refractivity contribution is -0.274. The van der Waals surface area contributed by atoms with Gasteiger partial charge in [-0.05, 0) is 34.6 Å². The molecule has 1 atom stereocenters. The number of fused-ring (bicyclic) bond motifs is 1. The Kier molecular flexibility index (Phi) is 4.34. The van der Waals surface area contributed by atoms with E-state index in [1.165, 1.54) is 12.1 Å². The Balaban J connectivity index is 2.04. The van der Waals surface area contributed by atoms with Crippen LogP contribution in [0, 0.1) is 0 Å². The molecule has 2 aromatic rings. The third-order valence-electron chi connectivity index (χ3n) is 4.59. The molecule has 4 nitrogen and oxygen atoms in total. The molecule has 1 unspecified atom stereocenters. The largest absolute Gasteiger partial charge is 0.573 e. The number of rotatable bonds is 3. The highest BCUT2D eigenvalue weighted by Gasteiger charge is 2.38. The normalized spacial score (nSPS) is 18.3. The van der Waals surface area contributed by atoms with E-state index in [2.05, 4.69) is 10.1 Å². The second kappa shape index (κ2) is 6.23. The lowest BCUT2D eigenvalue weighted by atomic mass is 9.85. The molecule has 0 aliphatic heterocycles. The second-order valence-corrected chi connectivity index (χ2v) is 6.94. The van der Waals surface area contributed by atoms with Crippen molar-refractivity contribution in [1.82, 2.24) is 5.32 Å². The summed E-state index contributed by atoms with van der Waals surface area (Å²) in [7, 11) is 0. The van der Waals surface area contributed by atoms with Gasteiger partial charge in [0.2, 0.25) is 0 Å². The van der Waals surface area contributed by atoms with Crippen molar-refractivity contribution < 1.29 is 27.8 Å². The van der Waals surface area contributed by atoms with Crippen LogP contribution in [-0.4, -0.2) is 17.6 Å². The number of hydrogen-bond acceptors (Lipinski definition) is 2. The Morgan fingerprint density at radius 2 is 1.92 bits per heavy atom. The van der Waals surface area contributed by atoms with Crippen LogP contribution in [0.3, 0.4) is 0 Å². The number of halogens is 3. The molecular formula is C19H18F3NO3. The fourth-order valence-electron chi connectivity index (χ4n) is 3.54. The van der Waals surface area contributed by atoms with E-state index in [9.17, 15) is 18.0 Å². The van der Waals surface area contributed by atoms with Crippen LogP contribution >= 0.6 is 0 Å². The minimum Gasteiger partial charge on any atom is -0.465 e. The first kappa shape index (κ1) is 18.1. The molecule has 0 saturated heterocycles. The molecule has 138 valence electrons. The van der Waals surface area contributed by atoms with E-state index in [0.717, 1.165) is 11.1 Å². The number of ether oxygens (including phenoxy) is 1. The van der Waals surface area contributed by atoms with Crippen LogP contribution in [0.25, 0.3) is 11.1 Å². The first-order chi connectivity index (χ1) is 12.1. The molecule has 0 fully saturated rings. The molecule has 0 heterocycles. The van der Waals surface area contributed by atoms with Crippen molar-refractivity contribution in [2.45, 2.75) is 38.1 Å². The van der Waals surface area contributed by atoms with E-state index < -0.39 is 12.5 Å². The summed E-state index contributed by atoms with van der Waals surface area (Å²) in [6.45, 7) is 3.97. The molecule has 2 aromatic carbocycles. The maximum Gasteiger partial charge on any atom is 0.573 e. The average molecular weight is 365 g/mol. The number of nitrogens with one attached hydrogen (secondary N) is 1. The van der Waals surface area contributed by atoms with Crippen molar-refractivity contribution in [2.24, 2.45) is 0 Å². The number of carbonyl (C=O) groups is 1. The van der Waals surface area contributed by atoms with Gasteiger partial charge < -0.3 is 15.2 Å². The van der Waals surface area contributed by atoms with E-state index in [1.54, 1.807) is 24.3 Å². The smallest absolute Gasteiger partial charge is 0.465 e. The zero-order valence-electron chi connectivity index (χ0n) is 14.2. The summed E-state index contributed by atoms with van der Waals surface area (Å²) in [6, 6.07) is 10.9. The van der Waals surface area contributed by atoms with Gasteiger partial charge >= 0.3 is 12.5 Å². The zero-order valence-corrected chi connectivity index (χ0v) is 14.2. The van der Waals surface area contributed by atoms with Gasteiger partial charge in [0.25, 0.3) is 0 Å². The molecule has 0 saturated carbocycles. The third-order valence-corrected chi connectivity index (χ3v) is 4.59. The van der Waals surface area contributed by atoms with Gasteiger partial charge in [-0.25, -0.2) is 4.79 Å². The summed E-state index contributed by atoms with van der Waals surface area (Å²) in [5, 5.41) is 11.5. The molecular weight excluding hydrogens is 347 g/mol. The number of hydrogen-bond donors (Lipinski definition) is 2. The van der Waals surface area contributed by atoms with Crippen LogP contribution in [-0.2, 0) is 5.41 Å². The van der Waals surface area contributed by atoms with Crippen molar-refractivity contribution in [2.75, 3.05) is 0 Å². The molecule has 0 spiro atoms. The lowest BCUT2D eigenvalue weighted by Gasteiger charge is -2.20. The summed E-state index contributed by atoms with van der Waals surface area (Å²) >= 11 is 0. The van der Waals surface area contributed by atoms with Gasteiger partial charge in [-0.15, -0.1) is 13.2 Å². The minimum absolute atomic E-state index is 0.268. The molecule has 26 heavy (non-hydrogen) atoms. The maximum atomic E-state index is 12.7. The molecule has 1 aliphatic rings. The van der Waals surface area contributed by atoms with Gasteiger partial charge in [-0.3, -0.25) is 0 Å². The minimum atomic E-state index is -4.78. The van der Waals surface area contributed by atoms with Crippen LogP contribution in [0.15, 0.2) is 42.5 Å². The molecule has 2 N–H and O–H groups in total. The number of carboxylic acid groups (broad SMARTS) is 1. The van der Waals surface area contributed by atoms with Crippen LogP contribution in [0.2, 0.25) is 0 Å². The van der Waals surface area contributed by atoms with E-state index in [4.69, 9.17) is 5.11 Å². The molecule has 0 bridgehead atoms. The van der Waals surface area contributed by atoms with Gasteiger partial charge in [-0.1, -0.05) is 50.2 Å². The van der Waals surface area contributed by atoms with Gasteiger partial charge in [0.15, 0.2) is 0 Å². The van der Waals surface area contributed by atoms with Crippen molar-refractivity contribution in [3.05, 3.63) is 53.6 Å². The molecule has 7 heteroatoms. The second-order valence-electron chi connectivity index (χ2n) is 6.94. The summed E-state index contributed by atoms with van der Waals surface area (Å²) < 4.78 is 42.1. The van der Waals surface area contributed by atoms with Gasteiger partial charge in [0.1, 0.15) is 5.75 Å². The first-order valence-electron chi connectivity index (χ1n) is 8.06. The summed E-state index contributed by atoms with van der Waals surface area (Å²) in [5.41, 5.74) is 2.37. The number of benzene rings is 2. The predicted molar refractivity (Wildman–Crippen MR) is 90.1 cm³/mol. The Morgan fingerprint density at radius 3 is 2.58 bits per heavy atom. The standard InChI is InChI=1S/C19H18F3NO3/c1-18(2)10-15(23-17(24)25)13-8-7-11(9-14(13)18)12-5-3-4-6-16(12)26-19(20,21)22/h3-9,15,23H,10H2,1-2H3,(H,24,25). The van der Waals surface area contributed by atoms with Crippen LogP contribution < -0.4 is 10.1 Å². The Morgan fingerprint density at radius 1 is 1.23 bits per heavy atom. The fourth-order valence-corrected chi connectivity index (χ4v) is 3.54. The first-order valence-corrected chi connectivity index (χ1v) is 8.06.